The molecule has 1 heterocycles. The number of furan rings is 1. The zero-order valence-corrected chi connectivity index (χ0v) is 17.0. The quantitative estimate of drug-likeness (QED) is 0.576. The molecule has 6 heteroatoms. The van der Waals surface area contributed by atoms with Crippen molar-refractivity contribution >= 4 is 27.7 Å². The summed E-state index contributed by atoms with van der Waals surface area (Å²) in [5.41, 5.74) is 1.94. The predicted molar refractivity (Wildman–Crippen MR) is 111 cm³/mol. The lowest BCUT2D eigenvalue weighted by molar-refractivity contribution is -0.123. The second-order valence-electron chi connectivity index (χ2n) is 6.47. The molecule has 5 nitrogen and oxygen atoms in total. The third kappa shape index (κ3) is 5.33. The molecule has 0 aliphatic rings. The second kappa shape index (κ2) is 9.37. The van der Waals surface area contributed by atoms with Crippen molar-refractivity contribution in [1.29, 1.82) is 0 Å². The lowest BCUT2D eigenvalue weighted by Gasteiger charge is -2.21. The van der Waals surface area contributed by atoms with Crippen LogP contribution in [0.3, 0.4) is 0 Å². The molecule has 0 bridgehead atoms. The van der Waals surface area contributed by atoms with Crippen LogP contribution in [0.4, 0.5) is 0 Å². The van der Waals surface area contributed by atoms with Crippen LogP contribution in [0, 0.1) is 0 Å². The van der Waals surface area contributed by atoms with Crippen LogP contribution in [-0.4, -0.2) is 17.9 Å². The molecule has 0 spiro atoms. The number of benzene rings is 2. The van der Waals surface area contributed by atoms with Gasteiger partial charge in [-0.3, -0.25) is 9.59 Å². The van der Waals surface area contributed by atoms with E-state index in [9.17, 15) is 9.59 Å². The van der Waals surface area contributed by atoms with Crippen molar-refractivity contribution in [2.45, 2.75) is 25.4 Å². The Labute approximate surface area is 172 Å². The molecule has 0 aliphatic carbocycles. The fourth-order valence-electron chi connectivity index (χ4n) is 2.84. The van der Waals surface area contributed by atoms with Crippen molar-refractivity contribution in [3.63, 3.8) is 0 Å². The average molecular weight is 441 g/mol. The molecule has 2 N–H and O–H groups in total. The summed E-state index contributed by atoms with van der Waals surface area (Å²) in [5, 5.41) is 5.77. The first-order valence-corrected chi connectivity index (χ1v) is 9.76. The van der Waals surface area contributed by atoms with E-state index in [1.54, 1.807) is 12.1 Å². The van der Waals surface area contributed by atoms with Gasteiger partial charge in [-0.1, -0.05) is 58.4 Å². The number of hydrogen-bond acceptors (Lipinski definition) is 3. The first kappa shape index (κ1) is 19.9. The van der Waals surface area contributed by atoms with Crippen molar-refractivity contribution in [2.75, 3.05) is 0 Å². The summed E-state index contributed by atoms with van der Waals surface area (Å²) in [5.74, 6) is -0.497. The maximum absolute atomic E-state index is 12.9. The smallest absolute Gasteiger partial charge is 0.287 e. The fourth-order valence-corrected chi connectivity index (χ4v) is 3.11. The van der Waals surface area contributed by atoms with Gasteiger partial charge in [-0.2, -0.15) is 0 Å². The highest BCUT2D eigenvalue weighted by Gasteiger charge is 2.24. The van der Waals surface area contributed by atoms with Gasteiger partial charge in [0.25, 0.3) is 5.91 Å². The van der Waals surface area contributed by atoms with Crippen molar-refractivity contribution < 1.29 is 14.0 Å². The Hall–Kier alpha value is -2.86. The van der Waals surface area contributed by atoms with Crippen molar-refractivity contribution in [1.82, 2.24) is 10.6 Å². The first-order valence-electron chi connectivity index (χ1n) is 8.97. The molecule has 2 amide bonds. The molecule has 1 aromatic heterocycles. The van der Waals surface area contributed by atoms with E-state index >= 15 is 0 Å². The van der Waals surface area contributed by atoms with Crippen LogP contribution >= 0.6 is 15.9 Å². The van der Waals surface area contributed by atoms with E-state index in [1.807, 2.05) is 61.5 Å². The van der Waals surface area contributed by atoms with E-state index in [2.05, 4.69) is 26.6 Å². The lowest BCUT2D eigenvalue weighted by atomic mass is 10.0. The maximum atomic E-state index is 12.9. The van der Waals surface area contributed by atoms with E-state index < -0.39 is 11.9 Å². The molecule has 3 rings (SSSR count). The van der Waals surface area contributed by atoms with Gasteiger partial charge < -0.3 is 15.1 Å². The topological polar surface area (TPSA) is 71.3 Å². The van der Waals surface area contributed by atoms with Gasteiger partial charge in [-0.05, 0) is 42.3 Å². The Balaban J connectivity index is 1.73. The van der Waals surface area contributed by atoms with E-state index in [-0.39, 0.29) is 17.7 Å². The lowest BCUT2D eigenvalue weighted by Crippen LogP contribution is -2.48. The number of carbonyl (C=O) groups is 2. The molecular formula is C22H21BrN2O3. The predicted octanol–water partition coefficient (Wildman–Crippen LogP) is 4.26. The minimum Gasteiger partial charge on any atom is -0.459 e. The van der Waals surface area contributed by atoms with Crippen LogP contribution in [0.5, 0.6) is 0 Å². The monoisotopic (exact) mass is 440 g/mol. The largest absolute Gasteiger partial charge is 0.459 e. The summed E-state index contributed by atoms with van der Waals surface area (Å²) < 4.78 is 6.11. The van der Waals surface area contributed by atoms with Crippen LogP contribution in [0.2, 0.25) is 0 Å². The van der Waals surface area contributed by atoms with Gasteiger partial charge in [0.05, 0.1) is 12.3 Å². The average Bonchev–Trinajstić information content (AvgIpc) is 3.23. The van der Waals surface area contributed by atoms with Gasteiger partial charge >= 0.3 is 0 Å². The zero-order chi connectivity index (χ0) is 19.9. The molecule has 0 radical (unpaired) electrons. The summed E-state index contributed by atoms with van der Waals surface area (Å²) in [6, 6.07) is 19.6. The molecule has 3 aromatic rings. The van der Waals surface area contributed by atoms with Crippen LogP contribution in [-0.2, 0) is 11.2 Å². The molecular weight excluding hydrogens is 420 g/mol. The highest BCUT2D eigenvalue weighted by molar-refractivity contribution is 9.10. The van der Waals surface area contributed by atoms with E-state index in [0.717, 1.165) is 15.6 Å². The molecule has 0 aliphatic heterocycles. The Bertz CT molecular complexity index is 909. The highest BCUT2D eigenvalue weighted by Crippen LogP contribution is 2.17. The standard InChI is InChI=1S/C22H21BrN2O3/c1-15(17-9-11-18(23)12-10-17)24-21(26)19(14-16-6-3-2-4-7-16)25-22(27)20-8-5-13-28-20/h2-13,15,19H,14H2,1H3,(H,24,26)(H,25,27). The molecule has 2 unspecified atom stereocenters. The van der Waals surface area contributed by atoms with Crippen molar-refractivity contribution in [3.8, 4) is 0 Å². The van der Waals surface area contributed by atoms with Gasteiger partial charge in [0, 0.05) is 10.9 Å². The maximum Gasteiger partial charge on any atom is 0.287 e. The Morgan fingerprint density at radius 3 is 2.32 bits per heavy atom. The Morgan fingerprint density at radius 1 is 0.964 bits per heavy atom. The zero-order valence-electron chi connectivity index (χ0n) is 15.4. The van der Waals surface area contributed by atoms with Gasteiger partial charge in [-0.25, -0.2) is 0 Å². The summed E-state index contributed by atoms with van der Waals surface area (Å²) in [6.45, 7) is 1.91. The summed E-state index contributed by atoms with van der Waals surface area (Å²) in [6.07, 6.45) is 1.81. The number of amides is 2. The van der Waals surface area contributed by atoms with Crippen molar-refractivity contribution in [3.05, 3.63) is 94.4 Å². The van der Waals surface area contributed by atoms with Gasteiger partial charge in [0.2, 0.25) is 5.91 Å². The minimum absolute atomic E-state index is 0.173. The molecule has 2 aromatic carbocycles. The van der Waals surface area contributed by atoms with Gasteiger partial charge in [-0.15, -0.1) is 0 Å². The fraction of sp³-hybridized carbons (Fsp3) is 0.182. The van der Waals surface area contributed by atoms with Crippen molar-refractivity contribution in [2.24, 2.45) is 0 Å². The third-order valence-electron chi connectivity index (χ3n) is 4.38. The Morgan fingerprint density at radius 2 is 1.68 bits per heavy atom. The molecule has 0 saturated carbocycles. The van der Waals surface area contributed by atoms with Crippen LogP contribution < -0.4 is 10.6 Å². The summed E-state index contributed by atoms with van der Waals surface area (Å²) in [4.78, 5) is 25.4. The van der Waals surface area contributed by atoms with E-state index in [4.69, 9.17) is 4.42 Å². The number of carbonyl (C=O) groups excluding carboxylic acids is 2. The number of nitrogens with one attached hydrogen (secondary N) is 2. The van der Waals surface area contributed by atoms with Gasteiger partial charge in [0.15, 0.2) is 5.76 Å². The number of rotatable bonds is 7. The third-order valence-corrected chi connectivity index (χ3v) is 4.91. The minimum atomic E-state index is -0.724. The van der Waals surface area contributed by atoms with E-state index in [1.165, 1.54) is 6.26 Å². The van der Waals surface area contributed by atoms with Gasteiger partial charge in [0.1, 0.15) is 6.04 Å². The second-order valence-corrected chi connectivity index (χ2v) is 7.39. The summed E-state index contributed by atoms with van der Waals surface area (Å²) in [7, 11) is 0. The highest BCUT2D eigenvalue weighted by atomic mass is 79.9. The number of halogens is 1. The molecule has 144 valence electrons. The van der Waals surface area contributed by atoms with Crippen LogP contribution in [0.25, 0.3) is 0 Å². The van der Waals surface area contributed by atoms with Crippen LogP contribution in [0.15, 0.2) is 81.9 Å². The molecule has 0 saturated heterocycles. The molecule has 2 atom stereocenters. The SMILES string of the molecule is CC(NC(=O)C(Cc1ccccc1)NC(=O)c1ccco1)c1ccc(Br)cc1. The summed E-state index contributed by atoms with van der Waals surface area (Å²) >= 11 is 3.41. The van der Waals surface area contributed by atoms with Crippen LogP contribution in [0.1, 0.15) is 34.6 Å². The normalized spacial score (nSPS) is 12.8. The van der Waals surface area contributed by atoms with E-state index in [0.29, 0.717) is 6.42 Å². The molecule has 0 fully saturated rings. The first-order chi connectivity index (χ1) is 13.5. The molecule has 28 heavy (non-hydrogen) atoms. The Kier molecular flexibility index (Phi) is 6.66. The number of hydrogen-bond donors (Lipinski definition) is 2.